The Labute approximate surface area is 106 Å². The van der Waals surface area contributed by atoms with Gasteiger partial charge in [-0.1, -0.05) is 30.3 Å². The average molecular weight is 247 g/mol. The SMILES string of the molecule is O=C(NOCc1ccccc1)[C@@H]1[C@H]2CCCO[C@H]21. The Morgan fingerprint density at radius 2 is 2.22 bits per heavy atom. The minimum atomic E-state index is -0.0390. The van der Waals surface area contributed by atoms with Crippen LogP contribution in [0.4, 0.5) is 0 Å². The van der Waals surface area contributed by atoms with E-state index in [9.17, 15) is 4.79 Å². The summed E-state index contributed by atoms with van der Waals surface area (Å²) in [6.07, 6.45) is 2.30. The van der Waals surface area contributed by atoms with E-state index in [1.165, 1.54) is 0 Å². The van der Waals surface area contributed by atoms with Crippen LogP contribution in [0, 0.1) is 11.8 Å². The molecule has 1 amide bonds. The lowest BCUT2D eigenvalue weighted by Gasteiger charge is -2.07. The van der Waals surface area contributed by atoms with E-state index in [1.54, 1.807) is 0 Å². The van der Waals surface area contributed by atoms with E-state index in [-0.39, 0.29) is 17.9 Å². The van der Waals surface area contributed by atoms with Crippen LogP contribution in [0.5, 0.6) is 0 Å². The summed E-state index contributed by atoms with van der Waals surface area (Å²) in [5, 5.41) is 0. The Morgan fingerprint density at radius 3 is 2.94 bits per heavy atom. The predicted molar refractivity (Wildman–Crippen MR) is 65.3 cm³/mol. The second kappa shape index (κ2) is 5.08. The van der Waals surface area contributed by atoms with Crippen molar-refractivity contribution >= 4 is 5.91 Å². The van der Waals surface area contributed by atoms with E-state index in [1.807, 2.05) is 30.3 Å². The summed E-state index contributed by atoms with van der Waals surface area (Å²) in [6.45, 7) is 1.19. The van der Waals surface area contributed by atoms with Gasteiger partial charge in [0, 0.05) is 12.5 Å². The number of benzene rings is 1. The summed E-state index contributed by atoms with van der Waals surface area (Å²) in [5.41, 5.74) is 3.57. The molecule has 0 aromatic heterocycles. The molecule has 1 aromatic carbocycles. The molecule has 4 heteroatoms. The second-order valence-electron chi connectivity index (χ2n) is 4.91. The first kappa shape index (κ1) is 11.7. The van der Waals surface area contributed by atoms with Gasteiger partial charge in [-0.3, -0.25) is 9.63 Å². The third-order valence-corrected chi connectivity index (χ3v) is 3.65. The average Bonchev–Trinajstić information content (AvgIpc) is 3.14. The molecular weight excluding hydrogens is 230 g/mol. The summed E-state index contributed by atoms with van der Waals surface area (Å²) in [5.74, 6) is 0.380. The number of amides is 1. The fraction of sp³-hybridized carbons (Fsp3) is 0.500. The van der Waals surface area contributed by atoms with Gasteiger partial charge >= 0.3 is 0 Å². The molecule has 1 saturated carbocycles. The Morgan fingerprint density at radius 1 is 1.39 bits per heavy atom. The van der Waals surface area contributed by atoms with Gasteiger partial charge in [0.2, 0.25) is 5.91 Å². The van der Waals surface area contributed by atoms with Crippen molar-refractivity contribution in [1.82, 2.24) is 5.48 Å². The molecule has 1 N–H and O–H groups in total. The summed E-state index contributed by atoms with van der Waals surface area (Å²) in [7, 11) is 0. The van der Waals surface area contributed by atoms with Crippen LogP contribution in [-0.2, 0) is 21.0 Å². The molecule has 1 aliphatic carbocycles. The van der Waals surface area contributed by atoms with Crippen LogP contribution in [0.25, 0.3) is 0 Å². The lowest BCUT2D eigenvalue weighted by Crippen LogP contribution is -2.26. The lowest BCUT2D eigenvalue weighted by atomic mass is 10.2. The van der Waals surface area contributed by atoms with Gasteiger partial charge in [0.05, 0.1) is 18.6 Å². The number of carbonyl (C=O) groups excluding carboxylic acids is 1. The maximum atomic E-state index is 11.8. The third kappa shape index (κ3) is 2.40. The van der Waals surface area contributed by atoms with E-state index < -0.39 is 0 Å². The van der Waals surface area contributed by atoms with Crippen molar-refractivity contribution in [3.63, 3.8) is 0 Å². The van der Waals surface area contributed by atoms with Crippen molar-refractivity contribution in [2.45, 2.75) is 25.6 Å². The Kier molecular flexibility index (Phi) is 3.30. The van der Waals surface area contributed by atoms with Crippen molar-refractivity contribution < 1.29 is 14.4 Å². The lowest BCUT2D eigenvalue weighted by molar-refractivity contribution is -0.137. The van der Waals surface area contributed by atoms with Crippen LogP contribution < -0.4 is 5.48 Å². The number of ether oxygens (including phenoxy) is 1. The molecule has 0 bridgehead atoms. The van der Waals surface area contributed by atoms with Crippen LogP contribution in [0.3, 0.4) is 0 Å². The smallest absolute Gasteiger partial charge is 0.249 e. The van der Waals surface area contributed by atoms with Gasteiger partial charge in [-0.05, 0) is 18.4 Å². The van der Waals surface area contributed by atoms with Crippen LogP contribution in [0.2, 0.25) is 0 Å². The van der Waals surface area contributed by atoms with Crippen LogP contribution >= 0.6 is 0 Å². The van der Waals surface area contributed by atoms with Crippen LogP contribution in [0.15, 0.2) is 30.3 Å². The molecule has 0 spiro atoms. The topological polar surface area (TPSA) is 47.6 Å². The van der Waals surface area contributed by atoms with Crippen molar-refractivity contribution in [3.05, 3.63) is 35.9 Å². The van der Waals surface area contributed by atoms with Crippen molar-refractivity contribution in [2.24, 2.45) is 11.8 Å². The highest BCUT2D eigenvalue weighted by molar-refractivity contribution is 5.81. The number of hydrogen-bond donors (Lipinski definition) is 1. The zero-order valence-electron chi connectivity index (χ0n) is 10.2. The number of fused-ring (bicyclic) bond motifs is 1. The fourth-order valence-electron chi connectivity index (χ4n) is 2.63. The van der Waals surface area contributed by atoms with Gasteiger partial charge in [0.25, 0.3) is 0 Å². The number of nitrogens with one attached hydrogen (secondary N) is 1. The van der Waals surface area contributed by atoms with E-state index >= 15 is 0 Å². The van der Waals surface area contributed by atoms with Gasteiger partial charge < -0.3 is 4.74 Å². The van der Waals surface area contributed by atoms with Crippen molar-refractivity contribution in [1.29, 1.82) is 0 Å². The van der Waals surface area contributed by atoms with Crippen molar-refractivity contribution in [3.8, 4) is 0 Å². The second-order valence-corrected chi connectivity index (χ2v) is 4.91. The van der Waals surface area contributed by atoms with Gasteiger partial charge in [-0.25, -0.2) is 5.48 Å². The molecule has 3 atom stereocenters. The Balaban J connectivity index is 1.43. The highest BCUT2D eigenvalue weighted by Crippen LogP contribution is 2.47. The summed E-state index contributed by atoms with van der Waals surface area (Å²) in [4.78, 5) is 17.1. The molecule has 0 radical (unpaired) electrons. The summed E-state index contributed by atoms with van der Waals surface area (Å²) < 4.78 is 5.53. The molecular formula is C14H17NO3. The molecule has 4 nitrogen and oxygen atoms in total. The van der Waals surface area contributed by atoms with E-state index in [4.69, 9.17) is 9.57 Å². The highest BCUT2D eigenvalue weighted by Gasteiger charge is 2.56. The van der Waals surface area contributed by atoms with Gasteiger partial charge in [-0.15, -0.1) is 0 Å². The maximum absolute atomic E-state index is 11.8. The molecule has 1 saturated heterocycles. The van der Waals surface area contributed by atoms with Gasteiger partial charge in [0.15, 0.2) is 0 Å². The first-order chi connectivity index (χ1) is 8.86. The summed E-state index contributed by atoms with van der Waals surface area (Å²) >= 11 is 0. The molecule has 18 heavy (non-hydrogen) atoms. The maximum Gasteiger partial charge on any atom is 0.249 e. The molecule has 1 heterocycles. The molecule has 96 valence electrons. The molecule has 2 aliphatic rings. The van der Waals surface area contributed by atoms with Gasteiger partial charge in [0.1, 0.15) is 0 Å². The Bertz CT molecular complexity index is 408. The van der Waals surface area contributed by atoms with Crippen LogP contribution in [-0.4, -0.2) is 18.6 Å². The minimum Gasteiger partial charge on any atom is -0.377 e. The molecule has 0 unspecified atom stereocenters. The highest BCUT2D eigenvalue weighted by atomic mass is 16.7. The first-order valence-corrected chi connectivity index (χ1v) is 6.43. The first-order valence-electron chi connectivity index (χ1n) is 6.43. The quantitative estimate of drug-likeness (QED) is 0.823. The molecule has 2 fully saturated rings. The predicted octanol–water partition coefficient (Wildman–Crippen LogP) is 1.66. The minimum absolute atomic E-state index is 0.00303. The van der Waals surface area contributed by atoms with Gasteiger partial charge in [-0.2, -0.15) is 0 Å². The molecule has 3 rings (SSSR count). The third-order valence-electron chi connectivity index (χ3n) is 3.65. The zero-order valence-corrected chi connectivity index (χ0v) is 10.2. The summed E-state index contributed by atoms with van der Waals surface area (Å²) in [6, 6.07) is 9.78. The molecule has 1 aliphatic heterocycles. The van der Waals surface area contributed by atoms with E-state index in [0.29, 0.717) is 12.5 Å². The van der Waals surface area contributed by atoms with Crippen molar-refractivity contribution in [2.75, 3.05) is 6.61 Å². The Hall–Kier alpha value is -1.39. The van der Waals surface area contributed by atoms with E-state index in [0.717, 1.165) is 25.0 Å². The van der Waals surface area contributed by atoms with E-state index in [2.05, 4.69) is 5.48 Å². The largest absolute Gasteiger partial charge is 0.377 e. The number of hydrogen-bond acceptors (Lipinski definition) is 3. The fourth-order valence-corrected chi connectivity index (χ4v) is 2.63. The number of hydroxylamine groups is 1. The van der Waals surface area contributed by atoms with Crippen LogP contribution in [0.1, 0.15) is 18.4 Å². The normalized spacial score (nSPS) is 29.4. The monoisotopic (exact) mass is 247 g/mol. The molecule has 1 aromatic rings. The number of rotatable bonds is 4. The standard InChI is InChI=1S/C14H17NO3/c16-14(12-11-7-4-8-17-13(11)12)15-18-9-10-5-2-1-3-6-10/h1-3,5-6,11-13H,4,7-9H2,(H,15,16)/t11-,12-,13-/m1/s1. The zero-order chi connectivity index (χ0) is 12.4. The number of carbonyl (C=O) groups is 1.